The Balaban J connectivity index is 2.17. The molecule has 0 N–H and O–H groups in total. The van der Waals surface area contributed by atoms with Gasteiger partial charge in [0.25, 0.3) is 0 Å². The van der Waals surface area contributed by atoms with Crippen LogP contribution in [0.5, 0.6) is 11.5 Å². The number of hydrogen-bond acceptors (Lipinski definition) is 4. The highest BCUT2D eigenvalue weighted by atomic mass is 16.5. The lowest BCUT2D eigenvalue weighted by molar-refractivity contribution is -0.142. The highest BCUT2D eigenvalue weighted by Crippen LogP contribution is 2.26. The van der Waals surface area contributed by atoms with Crippen LogP contribution in [0.1, 0.15) is 28.4 Å². The average molecular weight is 298 g/mol. The molecule has 0 fully saturated rings. The largest absolute Gasteiger partial charge is 0.466 e. The molecule has 0 unspecified atom stereocenters. The van der Waals surface area contributed by atoms with E-state index in [1.807, 2.05) is 19.1 Å². The molecule has 0 bridgehead atoms. The molecule has 0 atom stereocenters. The molecule has 22 heavy (non-hydrogen) atoms. The minimum absolute atomic E-state index is 0.194. The zero-order chi connectivity index (χ0) is 15.9. The second kappa shape index (κ2) is 7.41. The predicted octanol–water partition coefficient (Wildman–Crippen LogP) is 3.71. The standard InChI is InChI=1S/C18H18O4/c1-3-21-18(20)11-14-5-4-6-16(10-14)22-17-8-7-13(2)9-15(17)12-19/h4-10,12H,3,11H2,1-2H3. The van der Waals surface area contributed by atoms with Crippen molar-refractivity contribution in [2.75, 3.05) is 6.61 Å². The van der Waals surface area contributed by atoms with E-state index in [1.54, 1.807) is 37.3 Å². The zero-order valence-electron chi connectivity index (χ0n) is 12.7. The molecule has 2 aromatic rings. The monoisotopic (exact) mass is 298 g/mol. The maximum atomic E-state index is 11.5. The Kier molecular flexibility index (Phi) is 5.31. The summed E-state index contributed by atoms with van der Waals surface area (Å²) in [6.07, 6.45) is 0.963. The van der Waals surface area contributed by atoms with E-state index in [0.29, 0.717) is 23.7 Å². The van der Waals surface area contributed by atoms with E-state index in [4.69, 9.17) is 9.47 Å². The van der Waals surface area contributed by atoms with Crippen molar-refractivity contribution in [3.05, 3.63) is 59.2 Å². The summed E-state index contributed by atoms with van der Waals surface area (Å²) in [6.45, 7) is 4.05. The van der Waals surface area contributed by atoms with Crippen molar-refractivity contribution in [1.82, 2.24) is 0 Å². The Morgan fingerprint density at radius 3 is 2.73 bits per heavy atom. The summed E-state index contributed by atoms with van der Waals surface area (Å²) in [7, 11) is 0. The van der Waals surface area contributed by atoms with Gasteiger partial charge < -0.3 is 9.47 Å². The van der Waals surface area contributed by atoms with Crippen molar-refractivity contribution in [3.8, 4) is 11.5 Å². The van der Waals surface area contributed by atoms with Gasteiger partial charge in [-0.3, -0.25) is 9.59 Å². The van der Waals surface area contributed by atoms with Gasteiger partial charge in [-0.05, 0) is 43.7 Å². The summed E-state index contributed by atoms with van der Waals surface area (Å²) in [5.41, 5.74) is 2.29. The fourth-order valence-corrected chi connectivity index (χ4v) is 2.08. The molecule has 0 aromatic heterocycles. The summed E-state index contributed by atoms with van der Waals surface area (Å²) >= 11 is 0. The Morgan fingerprint density at radius 2 is 2.00 bits per heavy atom. The average Bonchev–Trinajstić information content (AvgIpc) is 2.49. The van der Waals surface area contributed by atoms with Crippen LogP contribution in [0.2, 0.25) is 0 Å². The first-order chi connectivity index (χ1) is 10.6. The summed E-state index contributed by atoms with van der Waals surface area (Å²) < 4.78 is 10.7. The number of rotatable bonds is 6. The first kappa shape index (κ1) is 15.8. The van der Waals surface area contributed by atoms with Gasteiger partial charge in [0.15, 0.2) is 6.29 Å². The third kappa shape index (κ3) is 4.19. The number of esters is 1. The van der Waals surface area contributed by atoms with Crippen LogP contribution < -0.4 is 4.74 Å². The van der Waals surface area contributed by atoms with Gasteiger partial charge in [0.2, 0.25) is 0 Å². The molecule has 2 aromatic carbocycles. The molecule has 0 aliphatic carbocycles. The van der Waals surface area contributed by atoms with Crippen molar-refractivity contribution in [2.24, 2.45) is 0 Å². The topological polar surface area (TPSA) is 52.6 Å². The molecule has 0 heterocycles. The Labute approximate surface area is 129 Å². The molecule has 4 nitrogen and oxygen atoms in total. The van der Waals surface area contributed by atoms with Crippen molar-refractivity contribution in [1.29, 1.82) is 0 Å². The Morgan fingerprint density at radius 1 is 1.18 bits per heavy atom. The second-order valence-corrected chi connectivity index (χ2v) is 4.89. The smallest absolute Gasteiger partial charge is 0.310 e. The van der Waals surface area contributed by atoms with Crippen LogP contribution in [0.15, 0.2) is 42.5 Å². The predicted molar refractivity (Wildman–Crippen MR) is 83.4 cm³/mol. The number of ether oxygens (including phenoxy) is 2. The molecule has 0 radical (unpaired) electrons. The van der Waals surface area contributed by atoms with Gasteiger partial charge >= 0.3 is 5.97 Å². The van der Waals surface area contributed by atoms with E-state index in [2.05, 4.69) is 0 Å². The van der Waals surface area contributed by atoms with Crippen LogP contribution in [0.25, 0.3) is 0 Å². The molecule has 0 aliphatic rings. The summed E-state index contributed by atoms with van der Waals surface area (Å²) in [5.74, 6) is 0.797. The first-order valence-electron chi connectivity index (χ1n) is 7.10. The minimum atomic E-state index is -0.274. The highest BCUT2D eigenvalue weighted by Gasteiger charge is 2.08. The van der Waals surface area contributed by atoms with E-state index in [-0.39, 0.29) is 12.4 Å². The molecular formula is C18H18O4. The maximum absolute atomic E-state index is 11.5. The molecule has 0 spiro atoms. The molecule has 2 rings (SSSR count). The maximum Gasteiger partial charge on any atom is 0.310 e. The quantitative estimate of drug-likeness (QED) is 0.602. The van der Waals surface area contributed by atoms with Gasteiger partial charge in [-0.2, -0.15) is 0 Å². The number of aldehydes is 1. The van der Waals surface area contributed by atoms with E-state index in [1.165, 1.54) is 0 Å². The van der Waals surface area contributed by atoms with Gasteiger partial charge in [0, 0.05) is 0 Å². The van der Waals surface area contributed by atoms with Gasteiger partial charge in [-0.1, -0.05) is 23.8 Å². The van der Waals surface area contributed by atoms with Crippen LogP contribution in [-0.2, 0) is 16.0 Å². The van der Waals surface area contributed by atoms with Gasteiger partial charge in [0.05, 0.1) is 18.6 Å². The summed E-state index contributed by atoms with van der Waals surface area (Å²) in [6, 6.07) is 12.6. The number of benzene rings is 2. The van der Waals surface area contributed by atoms with Gasteiger partial charge in [-0.25, -0.2) is 0 Å². The summed E-state index contributed by atoms with van der Waals surface area (Å²) in [5, 5.41) is 0. The molecule has 0 saturated heterocycles. The molecule has 0 aliphatic heterocycles. The Bertz CT molecular complexity index is 677. The van der Waals surface area contributed by atoms with Crippen molar-refractivity contribution < 1.29 is 19.1 Å². The van der Waals surface area contributed by atoms with Crippen LogP contribution in [0, 0.1) is 6.92 Å². The van der Waals surface area contributed by atoms with Gasteiger partial charge in [0.1, 0.15) is 11.5 Å². The number of aryl methyl sites for hydroxylation is 1. The van der Waals surface area contributed by atoms with Gasteiger partial charge in [-0.15, -0.1) is 0 Å². The lowest BCUT2D eigenvalue weighted by Gasteiger charge is -2.10. The first-order valence-corrected chi connectivity index (χ1v) is 7.10. The SMILES string of the molecule is CCOC(=O)Cc1cccc(Oc2ccc(C)cc2C=O)c1. The van der Waals surface area contributed by atoms with E-state index >= 15 is 0 Å². The number of hydrogen-bond donors (Lipinski definition) is 0. The van der Waals surface area contributed by atoms with Crippen molar-refractivity contribution in [2.45, 2.75) is 20.3 Å². The highest BCUT2D eigenvalue weighted by molar-refractivity contribution is 5.80. The lowest BCUT2D eigenvalue weighted by Crippen LogP contribution is -2.07. The van der Waals surface area contributed by atoms with E-state index in [0.717, 1.165) is 17.4 Å². The third-order valence-corrected chi connectivity index (χ3v) is 3.07. The molecule has 0 saturated carbocycles. The summed E-state index contributed by atoms with van der Waals surface area (Å²) in [4.78, 5) is 22.6. The van der Waals surface area contributed by atoms with Crippen molar-refractivity contribution in [3.63, 3.8) is 0 Å². The van der Waals surface area contributed by atoms with E-state index in [9.17, 15) is 9.59 Å². The van der Waals surface area contributed by atoms with E-state index < -0.39 is 0 Å². The number of carbonyl (C=O) groups is 2. The van der Waals surface area contributed by atoms with Crippen LogP contribution in [0.4, 0.5) is 0 Å². The van der Waals surface area contributed by atoms with Crippen LogP contribution in [0.3, 0.4) is 0 Å². The van der Waals surface area contributed by atoms with Crippen LogP contribution >= 0.6 is 0 Å². The fraction of sp³-hybridized carbons (Fsp3) is 0.222. The molecule has 4 heteroatoms. The molecular weight excluding hydrogens is 280 g/mol. The third-order valence-electron chi connectivity index (χ3n) is 3.07. The van der Waals surface area contributed by atoms with Crippen LogP contribution in [-0.4, -0.2) is 18.9 Å². The molecule has 114 valence electrons. The second-order valence-electron chi connectivity index (χ2n) is 4.89. The van der Waals surface area contributed by atoms with Crippen molar-refractivity contribution >= 4 is 12.3 Å². The number of carbonyl (C=O) groups excluding carboxylic acids is 2. The fourth-order valence-electron chi connectivity index (χ4n) is 2.08. The minimum Gasteiger partial charge on any atom is -0.466 e. The zero-order valence-corrected chi connectivity index (χ0v) is 12.7. The lowest BCUT2D eigenvalue weighted by atomic mass is 10.1. The Hall–Kier alpha value is -2.62. The normalized spacial score (nSPS) is 10.1. The molecule has 0 amide bonds.